The topological polar surface area (TPSA) is 97.5 Å². The number of aromatic nitrogens is 4. The summed E-state index contributed by atoms with van der Waals surface area (Å²) in [6, 6.07) is 8.82. The second-order valence-corrected chi connectivity index (χ2v) is 6.02. The maximum absolute atomic E-state index is 10.0. The number of hydrogen-bond donors (Lipinski definition) is 2. The molecule has 0 aliphatic rings. The van der Waals surface area contributed by atoms with E-state index in [2.05, 4.69) is 25.6 Å². The molecular weight excluding hydrogens is 344 g/mol. The molecule has 0 fully saturated rings. The van der Waals surface area contributed by atoms with Crippen LogP contribution >= 0.6 is 0 Å². The average Bonchev–Trinajstić information content (AvgIpc) is 2.95. The first-order chi connectivity index (χ1) is 13.0. The predicted octanol–water partition coefficient (Wildman–Crippen LogP) is 3.14. The fourth-order valence-electron chi connectivity index (χ4n) is 2.64. The number of aryl methyl sites for hydroxylation is 3. The lowest BCUT2D eigenvalue weighted by Crippen LogP contribution is -2.06. The molecule has 0 aliphatic carbocycles. The van der Waals surface area contributed by atoms with Gasteiger partial charge < -0.3 is 9.84 Å². The van der Waals surface area contributed by atoms with Crippen molar-refractivity contribution in [1.29, 1.82) is 0 Å². The number of phenols is 1. The van der Waals surface area contributed by atoms with Gasteiger partial charge in [-0.15, -0.1) is 0 Å². The Balaban J connectivity index is 1.78. The van der Waals surface area contributed by atoms with Crippen LogP contribution in [0.15, 0.2) is 35.4 Å². The van der Waals surface area contributed by atoms with E-state index in [4.69, 9.17) is 4.74 Å². The highest BCUT2D eigenvalue weighted by atomic mass is 16.5. The third-order valence-corrected chi connectivity index (χ3v) is 3.75. The van der Waals surface area contributed by atoms with E-state index >= 15 is 0 Å². The van der Waals surface area contributed by atoms with Gasteiger partial charge in [-0.25, -0.2) is 14.6 Å². The predicted molar refractivity (Wildman–Crippen MR) is 104 cm³/mol. The van der Waals surface area contributed by atoms with Gasteiger partial charge in [0.2, 0.25) is 0 Å². The van der Waals surface area contributed by atoms with E-state index in [1.807, 2.05) is 33.8 Å². The Hall–Kier alpha value is -3.42. The Morgan fingerprint density at radius 1 is 1.19 bits per heavy atom. The Kier molecular flexibility index (Phi) is 5.35. The maximum Gasteiger partial charge on any atom is 0.159 e. The molecule has 3 rings (SSSR count). The van der Waals surface area contributed by atoms with Crippen molar-refractivity contribution in [2.45, 2.75) is 27.7 Å². The van der Waals surface area contributed by atoms with Gasteiger partial charge in [0.1, 0.15) is 17.3 Å². The first-order valence-electron chi connectivity index (χ1n) is 8.60. The van der Waals surface area contributed by atoms with Crippen molar-refractivity contribution in [3.8, 4) is 17.3 Å². The number of hydrazone groups is 1. The largest absolute Gasteiger partial charge is 0.507 e. The summed E-state index contributed by atoms with van der Waals surface area (Å²) in [4.78, 5) is 8.76. The minimum Gasteiger partial charge on any atom is -0.507 e. The van der Waals surface area contributed by atoms with E-state index in [0.717, 1.165) is 11.4 Å². The molecule has 0 aliphatic heterocycles. The zero-order valence-corrected chi connectivity index (χ0v) is 15.8. The Bertz CT molecular complexity index is 980. The molecule has 0 spiro atoms. The molecule has 8 nitrogen and oxygen atoms in total. The van der Waals surface area contributed by atoms with Gasteiger partial charge in [-0.2, -0.15) is 10.2 Å². The van der Waals surface area contributed by atoms with Crippen LogP contribution < -0.4 is 10.2 Å². The van der Waals surface area contributed by atoms with E-state index in [1.165, 1.54) is 6.21 Å². The number of benzene rings is 1. The van der Waals surface area contributed by atoms with Gasteiger partial charge in [0.05, 0.1) is 18.5 Å². The highest BCUT2D eigenvalue weighted by Gasteiger charge is 2.08. The summed E-state index contributed by atoms with van der Waals surface area (Å²) >= 11 is 0. The highest BCUT2D eigenvalue weighted by Crippen LogP contribution is 2.22. The molecule has 0 amide bonds. The van der Waals surface area contributed by atoms with Crippen molar-refractivity contribution in [3.63, 3.8) is 0 Å². The third kappa shape index (κ3) is 4.41. The molecule has 27 heavy (non-hydrogen) atoms. The Morgan fingerprint density at radius 3 is 2.67 bits per heavy atom. The van der Waals surface area contributed by atoms with Crippen LogP contribution in [0.3, 0.4) is 0 Å². The van der Waals surface area contributed by atoms with Crippen molar-refractivity contribution in [2.24, 2.45) is 5.10 Å². The zero-order chi connectivity index (χ0) is 19.4. The first-order valence-corrected chi connectivity index (χ1v) is 8.60. The second kappa shape index (κ2) is 7.86. The summed E-state index contributed by atoms with van der Waals surface area (Å²) in [5.41, 5.74) is 5.34. The molecule has 8 heteroatoms. The van der Waals surface area contributed by atoms with Gasteiger partial charge in [-0.05, 0) is 45.9 Å². The maximum atomic E-state index is 10.0. The van der Waals surface area contributed by atoms with Crippen molar-refractivity contribution in [1.82, 2.24) is 19.7 Å². The monoisotopic (exact) mass is 366 g/mol. The summed E-state index contributed by atoms with van der Waals surface area (Å²) in [7, 11) is 0. The summed E-state index contributed by atoms with van der Waals surface area (Å²) in [5.74, 6) is 2.50. The molecule has 0 radical (unpaired) electrons. The Labute approximate surface area is 157 Å². The molecule has 2 heterocycles. The van der Waals surface area contributed by atoms with Crippen LogP contribution in [-0.2, 0) is 0 Å². The molecular formula is C19H22N6O2. The molecule has 0 saturated heterocycles. The molecule has 0 atom stereocenters. The number of nitrogens with one attached hydrogen (secondary N) is 1. The quantitative estimate of drug-likeness (QED) is 0.514. The molecule has 2 N–H and O–H groups in total. The number of rotatable bonds is 6. The lowest BCUT2D eigenvalue weighted by atomic mass is 10.2. The Morgan fingerprint density at radius 2 is 2.00 bits per heavy atom. The van der Waals surface area contributed by atoms with Crippen LogP contribution in [0.4, 0.5) is 5.82 Å². The van der Waals surface area contributed by atoms with Gasteiger partial charge in [-0.3, -0.25) is 5.43 Å². The van der Waals surface area contributed by atoms with Gasteiger partial charge in [0.15, 0.2) is 11.6 Å². The van der Waals surface area contributed by atoms with Crippen molar-refractivity contribution in [3.05, 3.63) is 53.1 Å². The average molecular weight is 366 g/mol. The molecule has 0 unspecified atom stereocenters. The second-order valence-electron chi connectivity index (χ2n) is 6.02. The van der Waals surface area contributed by atoms with Gasteiger partial charge in [0.25, 0.3) is 0 Å². The summed E-state index contributed by atoms with van der Waals surface area (Å²) in [5, 5.41) is 18.6. The van der Waals surface area contributed by atoms with Crippen LogP contribution in [-0.4, -0.2) is 37.7 Å². The number of ether oxygens (including phenoxy) is 1. The van der Waals surface area contributed by atoms with Crippen LogP contribution in [0.1, 0.15) is 29.7 Å². The SMILES string of the molecule is CCOc1ccc(/C=N/Nc2cc(-n3nc(C)cc3C)nc(C)n2)c(O)c1. The van der Waals surface area contributed by atoms with Gasteiger partial charge in [0, 0.05) is 23.4 Å². The van der Waals surface area contributed by atoms with Crippen molar-refractivity contribution in [2.75, 3.05) is 12.0 Å². The molecule has 0 saturated carbocycles. The van der Waals surface area contributed by atoms with Crippen molar-refractivity contribution >= 4 is 12.0 Å². The normalized spacial score (nSPS) is 11.1. The van der Waals surface area contributed by atoms with Gasteiger partial charge in [-0.1, -0.05) is 0 Å². The fraction of sp³-hybridized carbons (Fsp3) is 0.263. The van der Waals surface area contributed by atoms with E-state index in [0.29, 0.717) is 35.4 Å². The van der Waals surface area contributed by atoms with Crippen molar-refractivity contribution < 1.29 is 9.84 Å². The standard InChI is InChI=1S/C19H22N6O2/c1-5-27-16-7-6-15(17(26)9-16)11-20-23-18-10-19(22-14(4)21-18)25-13(3)8-12(2)24-25/h6-11,26H,5H2,1-4H3,(H,21,22,23)/b20-11+. The van der Waals surface area contributed by atoms with E-state index < -0.39 is 0 Å². The van der Waals surface area contributed by atoms with Crippen LogP contribution in [0.25, 0.3) is 5.82 Å². The van der Waals surface area contributed by atoms with Crippen LogP contribution in [0, 0.1) is 20.8 Å². The lowest BCUT2D eigenvalue weighted by molar-refractivity contribution is 0.337. The molecule has 1 aromatic carbocycles. The third-order valence-electron chi connectivity index (χ3n) is 3.75. The number of aromatic hydroxyl groups is 1. The fourth-order valence-corrected chi connectivity index (χ4v) is 2.64. The zero-order valence-electron chi connectivity index (χ0n) is 15.8. The van der Waals surface area contributed by atoms with E-state index in [9.17, 15) is 5.11 Å². The summed E-state index contributed by atoms with van der Waals surface area (Å²) < 4.78 is 7.11. The molecule has 140 valence electrons. The molecule has 0 bridgehead atoms. The van der Waals surface area contributed by atoms with E-state index in [-0.39, 0.29) is 5.75 Å². The molecule has 2 aromatic heterocycles. The van der Waals surface area contributed by atoms with Gasteiger partial charge >= 0.3 is 0 Å². The van der Waals surface area contributed by atoms with E-state index in [1.54, 1.807) is 28.9 Å². The molecule has 3 aromatic rings. The minimum absolute atomic E-state index is 0.0914. The lowest BCUT2D eigenvalue weighted by Gasteiger charge is -2.07. The number of phenolic OH excluding ortho intramolecular Hbond substituents is 1. The minimum atomic E-state index is 0.0914. The smallest absolute Gasteiger partial charge is 0.159 e. The number of hydrogen-bond acceptors (Lipinski definition) is 7. The van der Waals surface area contributed by atoms with Crippen LogP contribution in [0.2, 0.25) is 0 Å². The summed E-state index contributed by atoms with van der Waals surface area (Å²) in [6.45, 7) is 8.14. The summed E-state index contributed by atoms with van der Waals surface area (Å²) in [6.07, 6.45) is 1.52. The number of nitrogens with zero attached hydrogens (tertiary/aromatic N) is 5. The highest BCUT2D eigenvalue weighted by molar-refractivity contribution is 5.84. The van der Waals surface area contributed by atoms with Crippen LogP contribution in [0.5, 0.6) is 11.5 Å². The number of anilines is 1. The first kappa shape index (κ1) is 18.4.